The van der Waals surface area contributed by atoms with E-state index in [1.165, 1.54) is 13.3 Å². The first-order valence-corrected chi connectivity index (χ1v) is 5.71. The highest BCUT2D eigenvalue weighted by Crippen LogP contribution is 2.28. The van der Waals surface area contributed by atoms with E-state index in [-0.39, 0.29) is 23.5 Å². The molecule has 1 aromatic rings. The van der Waals surface area contributed by atoms with E-state index in [1.807, 2.05) is 17.9 Å². The molecule has 2 atom stereocenters. The number of hydrogen-bond acceptors (Lipinski definition) is 6. The molecule has 0 aliphatic carbocycles. The quantitative estimate of drug-likeness (QED) is 0.711. The molecule has 0 bridgehead atoms. The van der Waals surface area contributed by atoms with Gasteiger partial charge < -0.3 is 9.64 Å². The lowest BCUT2D eigenvalue weighted by atomic mass is 9.99. The van der Waals surface area contributed by atoms with E-state index in [4.69, 9.17) is 10.00 Å². The van der Waals surface area contributed by atoms with Crippen molar-refractivity contribution in [1.82, 2.24) is 9.97 Å². The van der Waals surface area contributed by atoms with Gasteiger partial charge in [-0.3, -0.25) is 4.79 Å². The van der Waals surface area contributed by atoms with Gasteiger partial charge in [0, 0.05) is 25.5 Å². The number of carbonyl (C=O) groups is 1. The standard InChI is InChI=1S/C12H14N4O2/c1-8-6-16(7-9(8)12(17)18-2)11-10(5-13)14-3-4-15-11/h3-4,8-9H,6-7H2,1-2H3. The summed E-state index contributed by atoms with van der Waals surface area (Å²) in [5.41, 5.74) is 0.287. The lowest BCUT2D eigenvalue weighted by molar-refractivity contribution is -0.145. The summed E-state index contributed by atoms with van der Waals surface area (Å²) in [6, 6.07) is 2.01. The molecule has 0 N–H and O–H groups in total. The number of ether oxygens (including phenoxy) is 1. The summed E-state index contributed by atoms with van der Waals surface area (Å²) in [6.07, 6.45) is 3.03. The van der Waals surface area contributed by atoms with Crippen molar-refractivity contribution in [3.05, 3.63) is 18.1 Å². The minimum Gasteiger partial charge on any atom is -0.469 e. The largest absolute Gasteiger partial charge is 0.469 e. The molecule has 2 heterocycles. The first-order valence-electron chi connectivity index (χ1n) is 5.71. The number of anilines is 1. The second-order valence-electron chi connectivity index (χ2n) is 4.35. The summed E-state index contributed by atoms with van der Waals surface area (Å²) in [7, 11) is 1.39. The fraction of sp³-hybridized carbons (Fsp3) is 0.500. The van der Waals surface area contributed by atoms with Crippen LogP contribution in [-0.4, -0.2) is 36.1 Å². The van der Waals surface area contributed by atoms with Crippen LogP contribution in [0.3, 0.4) is 0 Å². The van der Waals surface area contributed by atoms with Crippen molar-refractivity contribution in [3.8, 4) is 6.07 Å². The number of nitriles is 1. The maximum Gasteiger partial charge on any atom is 0.310 e. The maximum absolute atomic E-state index is 11.6. The van der Waals surface area contributed by atoms with Gasteiger partial charge in [-0.15, -0.1) is 0 Å². The molecule has 2 rings (SSSR count). The first-order chi connectivity index (χ1) is 8.67. The van der Waals surface area contributed by atoms with Crippen molar-refractivity contribution < 1.29 is 9.53 Å². The van der Waals surface area contributed by atoms with E-state index < -0.39 is 0 Å². The van der Waals surface area contributed by atoms with Crippen LogP contribution < -0.4 is 4.90 Å². The zero-order valence-corrected chi connectivity index (χ0v) is 10.3. The van der Waals surface area contributed by atoms with Crippen molar-refractivity contribution in [2.45, 2.75) is 6.92 Å². The van der Waals surface area contributed by atoms with E-state index in [2.05, 4.69) is 9.97 Å². The van der Waals surface area contributed by atoms with Gasteiger partial charge in [0.25, 0.3) is 0 Å². The minimum atomic E-state index is -0.215. The summed E-state index contributed by atoms with van der Waals surface area (Å²) in [5.74, 6) is 0.320. The van der Waals surface area contributed by atoms with Crippen molar-refractivity contribution >= 4 is 11.8 Å². The van der Waals surface area contributed by atoms with Crippen LogP contribution in [0.15, 0.2) is 12.4 Å². The van der Waals surface area contributed by atoms with E-state index >= 15 is 0 Å². The molecule has 0 amide bonds. The second-order valence-corrected chi connectivity index (χ2v) is 4.35. The van der Waals surface area contributed by atoms with Crippen LogP contribution in [-0.2, 0) is 9.53 Å². The molecule has 6 heteroatoms. The molecule has 0 aromatic carbocycles. The average molecular weight is 246 g/mol. The summed E-state index contributed by atoms with van der Waals surface area (Å²) < 4.78 is 4.78. The van der Waals surface area contributed by atoms with Crippen molar-refractivity contribution in [3.63, 3.8) is 0 Å². The zero-order chi connectivity index (χ0) is 13.1. The molecule has 1 saturated heterocycles. The molecule has 6 nitrogen and oxygen atoms in total. The SMILES string of the molecule is COC(=O)C1CN(c2nccnc2C#N)CC1C. The predicted molar refractivity (Wildman–Crippen MR) is 63.6 cm³/mol. The van der Waals surface area contributed by atoms with Crippen molar-refractivity contribution in [2.24, 2.45) is 11.8 Å². The molecule has 1 aromatic heterocycles. The highest BCUT2D eigenvalue weighted by atomic mass is 16.5. The Balaban J connectivity index is 2.22. The smallest absolute Gasteiger partial charge is 0.310 e. The number of methoxy groups -OCH3 is 1. The summed E-state index contributed by atoms with van der Waals surface area (Å²) in [5, 5.41) is 9.00. The second kappa shape index (κ2) is 5.00. The molecule has 1 fully saturated rings. The van der Waals surface area contributed by atoms with E-state index in [0.29, 0.717) is 18.9 Å². The Hall–Kier alpha value is -2.16. The van der Waals surface area contributed by atoms with Crippen LogP contribution in [0.5, 0.6) is 0 Å². The molecule has 18 heavy (non-hydrogen) atoms. The van der Waals surface area contributed by atoms with Gasteiger partial charge in [-0.1, -0.05) is 6.92 Å². The van der Waals surface area contributed by atoms with Gasteiger partial charge in [0.05, 0.1) is 13.0 Å². The normalized spacial score (nSPS) is 22.6. The van der Waals surface area contributed by atoms with E-state index in [1.54, 1.807) is 6.20 Å². The van der Waals surface area contributed by atoms with Gasteiger partial charge in [0.2, 0.25) is 0 Å². The van der Waals surface area contributed by atoms with Crippen LogP contribution in [0.1, 0.15) is 12.6 Å². The number of hydrogen-bond donors (Lipinski definition) is 0. The van der Waals surface area contributed by atoms with Gasteiger partial charge >= 0.3 is 5.97 Å². The summed E-state index contributed by atoms with van der Waals surface area (Å²) in [4.78, 5) is 21.7. The third-order valence-electron chi connectivity index (χ3n) is 3.20. The molecule has 2 unspecified atom stereocenters. The summed E-state index contributed by atoms with van der Waals surface area (Å²) in [6.45, 7) is 3.18. The Kier molecular flexibility index (Phi) is 3.42. The Bertz CT molecular complexity index is 497. The van der Waals surface area contributed by atoms with Crippen molar-refractivity contribution in [2.75, 3.05) is 25.1 Å². The number of aromatic nitrogens is 2. The monoisotopic (exact) mass is 246 g/mol. The number of carbonyl (C=O) groups excluding carboxylic acids is 1. The van der Waals surface area contributed by atoms with Gasteiger partial charge in [-0.05, 0) is 5.92 Å². The molecular formula is C12H14N4O2. The summed E-state index contributed by atoms with van der Waals surface area (Å²) >= 11 is 0. The third kappa shape index (κ3) is 2.12. The lowest BCUT2D eigenvalue weighted by Crippen LogP contribution is -2.25. The molecule has 0 spiro atoms. The van der Waals surface area contributed by atoms with Gasteiger partial charge in [0.1, 0.15) is 6.07 Å². The van der Waals surface area contributed by atoms with Crippen LogP contribution in [0.2, 0.25) is 0 Å². The molecular weight excluding hydrogens is 232 g/mol. The van der Waals surface area contributed by atoms with E-state index in [0.717, 1.165) is 0 Å². The highest BCUT2D eigenvalue weighted by molar-refractivity contribution is 5.74. The minimum absolute atomic E-state index is 0.172. The zero-order valence-electron chi connectivity index (χ0n) is 10.3. The molecule has 0 radical (unpaired) electrons. The lowest BCUT2D eigenvalue weighted by Gasteiger charge is -2.17. The number of nitrogens with zero attached hydrogens (tertiary/aromatic N) is 4. The fourth-order valence-electron chi connectivity index (χ4n) is 2.24. The van der Waals surface area contributed by atoms with Gasteiger partial charge in [-0.2, -0.15) is 5.26 Å². The Labute approximate surface area is 105 Å². The van der Waals surface area contributed by atoms with Gasteiger partial charge in [0.15, 0.2) is 11.5 Å². The highest BCUT2D eigenvalue weighted by Gasteiger charge is 2.36. The first kappa shape index (κ1) is 12.3. The Morgan fingerprint density at radius 2 is 2.22 bits per heavy atom. The van der Waals surface area contributed by atoms with Crippen LogP contribution in [0.25, 0.3) is 0 Å². The fourth-order valence-corrected chi connectivity index (χ4v) is 2.24. The molecule has 0 saturated carbocycles. The van der Waals surface area contributed by atoms with Crippen LogP contribution in [0.4, 0.5) is 5.82 Å². The number of esters is 1. The molecule has 1 aliphatic rings. The average Bonchev–Trinajstić information content (AvgIpc) is 2.79. The van der Waals surface area contributed by atoms with Crippen molar-refractivity contribution in [1.29, 1.82) is 5.26 Å². The number of rotatable bonds is 2. The predicted octanol–water partition coefficient (Wildman–Crippen LogP) is 0.594. The Morgan fingerprint density at radius 1 is 1.50 bits per heavy atom. The topological polar surface area (TPSA) is 79.1 Å². The third-order valence-corrected chi connectivity index (χ3v) is 3.20. The van der Waals surface area contributed by atoms with Crippen LogP contribution >= 0.6 is 0 Å². The molecule has 94 valence electrons. The maximum atomic E-state index is 11.6. The van der Waals surface area contributed by atoms with Gasteiger partial charge in [-0.25, -0.2) is 9.97 Å². The van der Waals surface area contributed by atoms with E-state index in [9.17, 15) is 4.79 Å². The molecule has 1 aliphatic heterocycles. The Morgan fingerprint density at radius 3 is 2.89 bits per heavy atom. The van der Waals surface area contributed by atoms with Crippen LogP contribution in [0, 0.1) is 23.2 Å².